The molecule has 0 N–H and O–H groups in total. The summed E-state index contributed by atoms with van der Waals surface area (Å²) in [4.78, 5) is 4.58. The highest BCUT2D eigenvalue weighted by Crippen LogP contribution is 2.21. The van der Waals surface area contributed by atoms with Gasteiger partial charge in [0.2, 0.25) is 0 Å². The van der Waals surface area contributed by atoms with E-state index in [1.54, 1.807) is 6.26 Å². The Labute approximate surface area is 204 Å². The van der Waals surface area contributed by atoms with Crippen molar-refractivity contribution in [2.75, 3.05) is 38.3 Å². The predicted octanol–water partition coefficient (Wildman–Crippen LogP) is 4.65. The van der Waals surface area contributed by atoms with E-state index in [4.69, 9.17) is 26.5 Å². The van der Waals surface area contributed by atoms with Crippen molar-refractivity contribution in [3.63, 3.8) is 0 Å². The third-order valence-electron chi connectivity index (χ3n) is 5.99. The molecule has 0 spiro atoms. The molecule has 0 bridgehead atoms. The molecule has 0 amide bonds. The molecule has 1 fully saturated rings. The van der Waals surface area contributed by atoms with E-state index in [0.29, 0.717) is 23.7 Å². The first-order valence-corrected chi connectivity index (χ1v) is 11.9. The fourth-order valence-electron chi connectivity index (χ4n) is 4.25. The maximum atomic E-state index is 5.84. The Morgan fingerprint density at radius 2 is 1.71 bits per heavy atom. The third-order valence-corrected chi connectivity index (χ3v) is 6.42. The molecule has 34 heavy (non-hydrogen) atoms. The number of benzene rings is 2. The number of nitrogens with zero attached hydrogens (tertiary/aromatic N) is 5. The molecule has 1 aliphatic heterocycles. The first kappa shape index (κ1) is 22.6. The average Bonchev–Trinajstić information content (AvgIpc) is 3.50. The fraction of sp³-hybridized carbons (Fsp3) is 0.308. The SMILES string of the molecule is CN(Cc1ccc(N2CCOCC2)cc1)Cn1nc(-c2ccco2)n(Cc2ccccc2)c1=S. The Bertz CT molecular complexity index is 1240. The molecule has 4 aromatic rings. The molecular formula is C26H29N5O2S. The van der Waals surface area contributed by atoms with Crippen LogP contribution in [-0.2, 0) is 24.5 Å². The number of morpholine rings is 1. The van der Waals surface area contributed by atoms with Crippen LogP contribution < -0.4 is 4.90 Å². The van der Waals surface area contributed by atoms with E-state index >= 15 is 0 Å². The van der Waals surface area contributed by atoms with Crippen molar-refractivity contribution >= 4 is 17.9 Å². The van der Waals surface area contributed by atoms with Gasteiger partial charge >= 0.3 is 0 Å². The van der Waals surface area contributed by atoms with E-state index in [0.717, 1.165) is 38.7 Å². The quantitative estimate of drug-likeness (QED) is 0.346. The van der Waals surface area contributed by atoms with Crippen molar-refractivity contribution in [1.29, 1.82) is 0 Å². The topological polar surface area (TPSA) is 51.6 Å². The first-order valence-electron chi connectivity index (χ1n) is 11.5. The maximum Gasteiger partial charge on any atom is 0.199 e. The summed E-state index contributed by atoms with van der Waals surface area (Å²) in [6.07, 6.45) is 1.66. The maximum absolute atomic E-state index is 5.84. The molecule has 3 heterocycles. The van der Waals surface area contributed by atoms with Gasteiger partial charge in [-0.25, -0.2) is 4.68 Å². The lowest BCUT2D eigenvalue weighted by molar-refractivity contribution is 0.122. The highest BCUT2D eigenvalue weighted by Gasteiger charge is 2.17. The van der Waals surface area contributed by atoms with Gasteiger partial charge in [0.1, 0.15) is 0 Å². The van der Waals surface area contributed by atoms with Crippen molar-refractivity contribution in [3.05, 3.63) is 88.9 Å². The van der Waals surface area contributed by atoms with Crippen molar-refractivity contribution in [1.82, 2.24) is 19.2 Å². The molecule has 0 unspecified atom stereocenters. The summed E-state index contributed by atoms with van der Waals surface area (Å²) in [6, 6.07) is 22.9. The van der Waals surface area contributed by atoms with E-state index in [2.05, 4.69) is 53.2 Å². The normalized spacial score (nSPS) is 14.1. The van der Waals surface area contributed by atoms with Crippen molar-refractivity contribution in [2.24, 2.45) is 0 Å². The lowest BCUT2D eigenvalue weighted by Crippen LogP contribution is -2.36. The number of aromatic nitrogens is 3. The van der Waals surface area contributed by atoms with Crippen LogP contribution in [0.2, 0.25) is 0 Å². The number of anilines is 1. The van der Waals surface area contributed by atoms with Crippen LogP contribution in [0.4, 0.5) is 5.69 Å². The summed E-state index contributed by atoms with van der Waals surface area (Å²) >= 11 is 5.84. The van der Waals surface area contributed by atoms with Crippen LogP contribution in [0.15, 0.2) is 77.4 Å². The van der Waals surface area contributed by atoms with Crippen molar-refractivity contribution in [3.8, 4) is 11.6 Å². The second kappa shape index (κ2) is 10.4. The second-order valence-corrected chi connectivity index (χ2v) is 8.94. The van der Waals surface area contributed by atoms with Gasteiger partial charge in [-0.15, -0.1) is 5.10 Å². The summed E-state index contributed by atoms with van der Waals surface area (Å²) in [5, 5.41) is 4.83. The molecule has 8 heteroatoms. The average molecular weight is 476 g/mol. The molecule has 0 saturated carbocycles. The van der Waals surface area contributed by atoms with Crippen LogP contribution in [0.25, 0.3) is 11.6 Å². The number of furan rings is 1. The lowest BCUT2D eigenvalue weighted by Gasteiger charge is -2.29. The molecule has 5 rings (SSSR count). The number of rotatable bonds is 8. The van der Waals surface area contributed by atoms with Crippen LogP contribution in [0.3, 0.4) is 0 Å². The zero-order valence-electron chi connectivity index (χ0n) is 19.3. The van der Waals surface area contributed by atoms with Gasteiger partial charge < -0.3 is 14.1 Å². The van der Waals surface area contributed by atoms with Crippen molar-refractivity contribution in [2.45, 2.75) is 19.8 Å². The molecule has 176 valence electrons. The Kier molecular flexibility index (Phi) is 6.89. The van der Waals surface area contributed by atoms with Gasteiger partial charge in [0.15, 0.2) is 16.4 Å². The molecule has 2 aromatic carbocycles. The summed E-state index contributed by atoms with van der Waals surface area (Å²) in [6.45, 7) is 5.50. The summed E-state index contributed by atoms with van der Waals surface area (Å²) < 4.78 is 15.7. The van der Waals surface area contributed by atoms with Gasteiger partial charge in [0.05, 0.1) is 32.7 Å². The summed E-state index contributed by atoms with van der Waals surface area (Å²) in [5.41, 5.74) is 3.67. The van der Waals surface area contributed by atoms with Crippen LogP contribution in [0.1, 0.15) is 11.1 Å². The van der Waals surface area contributed by atoms with Crippen molar-refractivity contribution < 1.29 is 9.15 Å². The minimum atomic E-state index is 0.583. The van der Waals surface area contributed by atoms with Crippen LogP contribution >= 0.6 is 12.2 Å². The molecule has 1 aliphatic rings. The minimum Gasteiger partial charge on any atom is -0.461 e. The number of hydrogen-bond acceptors (Lipinski definition) is 6. The van der Waals surface area contributed by atoms with Gasteiger partial charge in [-0.3, -0.25) is 9.47 Å². The van der Waals surface area contributed by atoms with Crippen LogP contribution in [0, 0.1) is 4.77 Å². The predicted molar refractivity (Wildman–Crippen MR) is 135 cm³/mol. The fourth-order valence-corrected chi connectivity index (χ4v) is 4.50. The van der Waals surface area contributed by atoms with Gasteiger partial charge in [0.25, 0.3) is 0 Å². The monoisotopic (exact) mass is 475 g/mol. The molecule has 0 aliphatic carbocycles. The number of ether oxygens (including phenoxy) is 1. The third kappa shape index (κ3) is 5.14. The minimum absolute atomic E-state index is 0.583. The Balaban J connectivity index is 1.31. The Morgan fingerprint density at radius 3 is 2.41 bits per heavy atom. The molecule has 0 radical (unpaired) electrons. The summed E-state index contributed by atoms with van der Waals surface area (Å²) in [7, 11) is 2.08. The van der Waals surface area contributed by atoms with E-state index in [1.807, 2.05) is 39.6 Å². The molecule has 1 saturated heterocycles. The summed E-state index contributed by atoms with van der Waals surface area (Å²) in [5.74, 6) is 1.45. The standard InChI is InChI=1S/C26H29N5O2S/c1-28(18-22-9-11-23(12-10-22)29-13-16-32-17-14-29)20-31-26(34)30(19-21-6-3-2-4-7-21)25(27-31)24-8-5-15-33-24/h2-12,15H,13-14,16-20H2,1H3. The largest absolute Gasteiger partial charge is 0.461 e. The van der Waals surface area contributed by atoms with Gasteiger partial charge in [-0.05, 0) is 54.7 Å². The highest BCUT2D eigenvalue weighted by atomic mass is 32.1. The Hall–Kier alpha value is -3.20. The van der Waals surface area contributed by atoms with E-state index in [9.17, 15) is 0 Å². The molecule has 2 aromatic heterocycles. The Morgan fingerprint density at radius 1 is 0.941 bits per heavy atom. The van der Waals surface area contributed by atoms with Crippen LogP contribution in [0.5, 0.6) is 0 Å². The molecule has 0 atom stereocenters. The number of hydrogen-bond donors (Lipinski definition) is 0. The van der Waals surface area contributed by atoms with E-state index in [1.165, 1.54) is 16.8 Å². The molecule has 7 nitrogen and oxygen atoms in total. The second-order valence-electron chi connectivity index (χ2n) is 8.58. The smallest absolute Gasteiger partial charge is 0.199 e. The zero-order valence-corrected chi connectivity index (χ0v) is 20.2. The van der Waals surface area contributed by atoms with Gasteiger partial charge in [-0.1, -0.05) is 42.5 Å². The lowest BCUT2D eigenvalue weighted by atomic mass is 10.2. The van der Waals surface area contributed by atoms with Gasteiger partial charge in [-0.2, -0.15) is 0 Å². The molecular weight excluding hydrogens is 446 g/mol. The van der Waals surface area contributed by atoms with E-state index < -0.39 is 0 Å². The van der Waals surface area contributed by atoms with Gasteiger partial charge in [0, 0.05) is 25.3 Å². The highest BCUT2D eigenvalue weighted by molar-refractivity contribution is 7.71. The first-order chi connectivity index (χ1) is 16.7. The zero-order chi connectivity index (χ0) is 23.3. The van der Waals surface area contributed by atoms with E-state index in [-0.39, 0.29) is 0 Å². The van der Waals surface area contributed by atoms with Crippen LogP contribution in [-0.4, -0.2) is 52.6 Å².